The molecule has 122 valence electrons. The molecule has 4 nitrogen and oxygen atoms in total. The van der Waals surface area contributed by atoms with Crippen LogP contribution in [0.2, 0.25) is 15.1 Å². The summed E-state index contributed by atoms with van der Waals surface area (Å²) in [6.07, 6.45) is 1.32. The van der Waals surface area contributed by atoms with Crippen molar-refractivity contribution in [2.75, 3.05) is 5.32 Å². The van der Waals surface area contributed by atoms with Crippen molar-refractivity contribution in [3.8, 4) is 0 Å². The van der Waals surface area contributed by atoms with Gasteiger partial charge in [0.05, 0.1) is 15.7 Å². The van der Waals surface area contributed by atoms with Gasteiger partial charge in [0.2, 0.25) is 5.91 Å². The van der Waals surface area contributed by atoms with Gasteiger partial charge < -0.3 is 15.2 Å². The average Bonchev–Trinajstić information content (AvgIpc) is 2.42. The van der Waals surface area contributed by atoms with E-state index >= 15 is 0 Å². The number of carboxylic acids is 1. The molecule has 8 heteroatoms. The van der Waals surface area contributed by atoms with Crippen molar-refractivity contribution in [3.05, 3.63) is 26.7 Å². The fourth-order valence-electron chi connectivity index (χ4n) is 2.18. The molecular weight excluding hydrogens is 372 g/mol. The number of carbonyl (C=O) groups excluding carboxylic acids is 2. The summed E-state index contributed by atoms with van der Waals surface area (Å²) in [7, 11) is 0. The van der Waals surface area contributed by atoms with Crippen LogP contribution in [0.15, 0.2) is 6.07 Å². The molecule has 0 aromatic heterocycles. The molecule has 1 amide bonds. The molecule has 1 rings (SSSR count). The Kier molecular flexibility index (Phi) is 10.8. The molecule has 1 aromatic carbocycles. The molecule has 1 unspecified atom stereocenters. The quantitative estimate of drug-likeness (QED) is 0.709. The largest absolute Gasteiger partial charge is 1.00 e. The van der Waals surface area contributed by atoms with Crippen molar-refractivity contribution in [1.82, 2.24) is 0 Å². The zero-order valence-corrected chi connectivity index (χ0v) is 17.6. The first-order chi connectivity index (χ1) is 10.3. The van der Waals surface area contributed by atoms with E-state index in [2.05, 4.69) is 5.32 Å². The number of rotatable bonds is 7. The number of amides is 1. The first-order valence-corrected chi connectivity index (χ1v) is 8.12. The van der Waals surface area contributed by atoms with Crippen LogP contribution in [0.3, 0.4) is 0 Å². The fraction of sp³-hybridized carbons (Fsp3) is 0.467. The third-order valence-corrected chi connectivity index (χ3v) is 4.26. The van der Waals surface area contributed by atoms with E-state index in [1.807, 2.05) is 13.8 Å². The molecule has 0 spiro atoms. The van der Waals surface area contributed by atoms with E-state index in [1.165, 1.54) is 6.07 Å². The first-order valence-electron chi connectivity index (χ1n) is 6.98. The fourth-order valence-corrected chi connectivity index (χ4v) is 3.34. The molecule has 0 radical (unpaired) electrons. The molecule has 0 aliphatic carbocycles. The maximum Gasteiger partial charge on any atom is 1.00 e. The third-order valence-electron chi connectivity index (χ3n) is 3.26. The minimum atomic E-state index is -1.19. The Labute approximate surface area is 173 Å². The Morgan fingerprint density at radius 1 is 1.22 bits per heavy atom. The van der Waals surface area contributed by atoms with Crippen LogP contribution in [0, 0.1) is 0 Å². The molecule has 1 aromatic rings. The summed E-state index contributed by atoms with van der Waals surface area (Å²) in [5.74, 6) is -1.82. The zero-order valence-electron chi connectivity index (χ0n) is 13.3. The first kappa shape index (κ1) is 23.0. The van der Waals surface area contributed by atoms with Crippen molar-refractivity contribution < 1.29 is 44.3 Å². The Morgan fingerprint density at radius 3 is 2.30 bits per heavy atom. The zero-order chi connectivity index (χ0) is 16.9. The molecule has 23 heavy (non-hydrogen) atoms. The topological polar surface area (TPSA) is 69.2 Å². The van der Waals surface area contributed by atoms with Crippen LogP contribution in [0.4, 0.5) is 5.69 Å². The summed E-state index contributed by atoms with van der Waals surface area (Å²) in [6, 6.07) is 1.46. The van der Waals surface area contributed by atoms with Crippen LogP contribution in [0.25, 0.3) is 0 Å². The van der Waals surface area contributed by atoms with E-state index in [9.17, 15) is 14.7 Å². The number of carbonyl (C=O) groups is 2. The summed E-state index contributed by atoms with van der Waals surface area (Å²) < 4.78 is 0. The van der Waals surface area contributed by atoms with Crippen LogP contribution in [0.1, 0.15) is 51.0 Å². The molecule has 0 saturated heterocycles. The van der Waals surface area contributed by atoms with Gasteiger partial charge in [-0.05, 0) is 36.8 Å². The third kappa shape index (κ3) is 6.45. The maximum atomic E-state index is 11.8. The van der Waals surface area contributed by atoms with Crippen molar-refractivity contribution in [2.45, 2.75) is 45.4 Å². The summed E-state index contributed by atoms with van der Waals surface area (Å²) in [4.78, 5) is 22.7. The van der Waals surface area contributed by atoms with E-state index in [4.69, 9.17) is 34.8 Å². The van der Waals surface area contributed by atoms with Crippen molar-refractivity contribution in [2.24, 2.45) is 0 Å². The molecule has 0 bridgehead atoms. The maximum absolute atomic E-state index is 11.8. The summed E-state index contributed by atoms with van der Waals surface area (Å²) in [6.45, 7) is 3.70. The Balaban J connectivity index is 0.00000484. The number of hydrogen-bond acceptors (Lipinski definition) is 3. The predicted octanol–water partition coefficient (Wildman–Crippen LogP) is 1.02. The van der Waals surface area contributed by atoms with Crippen molar-refractivity contribution in [3.63, 3.8) is 0 Å². The molecule has 0 aliphatic heterocycles. The van der Waals surface area contributed by atoms with Gasteiger partial charge in [-0.15, -0.1) is 0 Å². The van der Waals surface area contributed by atoms with Crippen molar-refractivity contribution >= 4 is 52.4 Å². The Morgan fingerprint density at radius 2 is 1.83 bits per heavy atom. The number of nitrogens with one attached hydrogen (secondary N) is 1. The summed E-state index contributed by atoms with van der Waals surface area (Å²) >= 11 is 18.6. The van der Waals surface area contributed by atoms with E-state index in [0.717, 1.165) is 0 Å². The molecule has 1 atom stereocenters. The number of aliphatic carboxylic acids is 1. The van der Waals surface area contributed by atoms with E-state index in [1.54, 1.807) is 0 Å². The SMILES string of the molecule is CCCC(=O)Nc1c(Cl)cc(Cl)c(C(CC)CC(=O)[O-])c1Cl.[Na+]. The smallest absolute Gasteiger partial charge is 0.550 e. The van der Waals surface area contributed by atoms with E-state index in [0.29, 0.717) is 24.8 Å². The van der Waals surface area contributed by atoms with Crippen LogP contribution < -0.4 is 40.0 Å². The average molecular weight is 389 g/mol. The number of carboxylic acid groups (broad SMARTS) is 1. The summed E-state index contributed by atoms with van der Waals surface area (Å²) in [5.41, 5.74) is 0.726. The van der Waals surface area contributed by atoms with Gasteiger partial charge in [-0.25, -0.2) is 0 Å². The minimum Gasteiger partial charge on any atom is -0.550 e. The van der Waals surface area contributed by atoms with Gasteiger partial charge in [0.15, 0.2) is 0 Å². The molecule has 0 fully saturated rings. The van der Waals surface area contributed by atoms with Gasteiger partial charge in [-0.3, -0.25) is 4.79 Å². The number of halogens is 3. The van der Waals surface area contributed by atoms with E-state index in [-0.39, 0.29) is 62.6 Å². The number of benzene rings is 1. The second kappa shape index (κ2) is 10.8. The monoisotopic (exact) mass is 387 g/mol. The minimum absolute atomic E-state index is 0. The van der Waals surface area contributed by atoms with E-state index < -0.39 is 11.9 Å². The normalized spacial score (nSPS) is 11.5. The standard InChI is InChI=1S/C15H18Cl3NO3.Na/c1-3-5-11(20)19-15-10(17)7-9(16)13(14(15)18)8(4-2)6-12(21)22;/h7-8H,3-6H2,1-2H3,(H,19,20)(H,21,22);/q;+1/p-1. The van der Waals surface area contributed by atoms with Crippen molar-refractivity contribution in [1.29, 1.82) is 0 Å². The van der Waals surface area contributed by atoms with Gasteiger partial charge in [-0.2, -0.15) is 0 Å². The number of hydrogen-bond donors (Lipinski definition) is 1. The molecule has 0 heterocycles. The Hall–Kier alpha value is 0.0300. The van der Waals surface area contributed by atoms with Gasteiger partial charge in [0.25, 0.3) is 0 Å². The molecule has 0 saturated carbocycles. The van der Waals surface area contributed by atoms with Gasteiger partial charge in [-0.1, -0.05) is 48.7 Å². The summed E-state index contributed by atoms with van der Waals surface area (Å²) in [5, 5.41) is 14.2. The number of anilines is 1. The second-order valence-electron chi connectivity index (χ2n) is 4.92. The molecule has 1 N–H and O–H groups in total. The van der Waals surface area contributed by atoms with Crippen LogP contribution in [-0.4, -0.2) is 11.9 Å². The Bertz CT molecular complexity index is 582. The van der Waals surface area contributed by atoms with Gasteiger partial charge in [0, 0.05) is 17.4 Å². The molecular formula is C15H17Cl3NNaO3. The molecule has 0 aliphatic rings. The van der Waals surface area contributed by atoms with Gasteiger partial charge in [0.1, 0.15) is 0 Å². The van der Waals surface area contributed by atoms with Crippen LogP contribution in [-0.2, 0) is 9.59 Å². The van der Waals surface area contributed by atoms with Gasteiger partial charge >= 0.3 is 29.6 Å². The predicted molar refractivity (Wildman–Crippen MR) is 87.7 cm³/mol. The van der Waals surface area contributed by atoms with Crippen LogP contribution in [0.5, 0.6) is 0 Å². The van der Waals surface area contributed by atoms with Crippen LogP contribution >= 0.6 is 34.8 Å². The second-order valence-corrected chi connectivity index (χ2v) is 6.11.